The van der Waals surface area contributed by atoms with Gasteiger partial charge in [0.1, 0.15) is 15.7 Å². The second-order valence-corrected chi connectivity index (χ2v) is 9.87. The fourth-order valence-electron chi connectivity index (χ4n) is 4.32. The highest BCUT2D eigenvalue weighted by molar-refractivity contribution is 8.00. The van der Waals surface area contributed by atoms with Crippen LogP contribution in [0.3, 0.4) is 0 Å². The van der Waals surface area contributed by atoms with Gasteiger partial charge >= 0.3 is 0 Å². The van der Waals surface area contributed by atoms with Crippen molar-refractivity contribution >= 4 is 44.9 Å². The maximum atomic E-state index is 12.9. The van der Waals surface area contributed by atoms with Gasteiger partial charge in [-0.2, -0.15) is 0 Å². The van der Waals surface area contributed by atoms with Crippen molar-refractivity contribution in [3.05, 3.63) is 46.1 Å². The molecule has 0 saturated carbocycles. The Morgan fingerprint density at radius 2 is 2.14 bits per heavy atom. The monoisotopic (exact) mass is 409 g/mol. The Labute approximate surface area is 173 Å². The van der Waals surface area contributed by atoms with Gasteiger partial charge in [0.25, 0.3) is 0 Å². The smallest absolute Gasteiger partial charge is 0.237 e. The Morgan fingerprint density at radius 1 is 1.29 bits per heavy atom. The van der Waals surface area contributed by atoms with Gasteiger partial charge in [-0.15, -0.1) is 11.3 Å². The average Bonchev–Trinajstić information content (AvgIpc) is 3.26. The first-order valence-electron chi connectivity index (χ1n) is 9.90. The summed E-state index contributed by atoms with van der Waals surface area (Å²) < 4.78 is 0. The number of amides is 1. The molecule has 144 valence electrons. The van der Waals surface area contributed by atoms with E-state index in [1.165, 1.54) is 27.8 Å². The van der Waals surface area contributed by atoms with Gasteiger partial charge in [0.15, 0.2) is 0 Å². The maximum Gasteiger partial charge on any atom is 0.237 e. The van der Waals surface area contributed by atoms with Crippen molar-refractivity contribution < 1.29 is 4.79 Å². The van der Waals surface area contributed by atoms with Crippen LogP contribution in [0.5, 0.6) is 0 Å². The molecule has 3 aromatic rings. The number of nitrogens with zero attached hydrogens (tertiary/aromatic N) is 3. The number of para-hydroxylation sites is 1. The van der Waals surface area contributed by atoms with Crippen molar-refractivity contribution in [2.75, 3.05) is 17.2 Å². The Morgan fingerprint density at radius 3 is 3.04 bits per heavy atom. The number of hydrogen-bond donors (Lipinski definition) is 0. The topological polar surface area (TPSA) is 46.1 Å². The van der Waals surface area contributed by atoms with E-state index in [-0.39, 0.29) is 5.91 Å². The zero-order chi connectivity index (χ0) is 19.3. The predicted molar refractivity (Wildman–Crippen MR) is 117 cm³/mol. The first-order chi connectivity index (χ1) is 13.6. The molecule has 0 fully saturated rings. The van der Waals surface area contributed by atoms with Gasteiger partial charge in [0, 0.05) is 22.5 Å². The highest BCUT2D eigenvalue weighted by Gasteiger charge is 2.26. The third-order valence-corrected chi connectivity index (χ3v) is 7.86. The standard InChI is InChI=1S/C22H23N3OS2/c1-13-7-8-16-18(11-13)28-22-20(16)21(23-14(2)24-22)27-12-19(26)25-10-9-15-5-3-4-6-17(15)25/h3-6,13H,7-12H2,1-2H3/t13-/m1/s1. The van der Waals surface area contributed by atoms with Crippen LogP contribution in [-0.2, 0) is 24.1 Å². The summed E-state index contributed by atoms with van der Waals surface area (Å²) in [6.07, 6.45) is 4.41. The number of aromatic nitrogens is 2. The van der Waals surface area contributed by atoms with Gasteiger partial charge in [-0.3, -0.25) is 4.79 Å². The van der Waals surface area contributed by atoms with Gasteiger partial charge in [0.05, 0.1) is 5.75 Å². The molecule has 6 heteroatoms. The molecule has 3 heterocycles. The molecule has 4 nitrogen and oxygen atoms in total. The van der Waals surface area contributed by atoms with Crippen molar-refractivity contribution in [2.24, 2.45) is 5.92 Å². The summed E-state index contributed by atoms with van der Waals surface area (Å²) >= 11 is 3.40. The van der Waals surface area contributed by atoms with E-state index in [0.29, 0.717) is 5.75 Å². The molecular formula is C22H23N3OS2. The van der Waals surface area contributed by atoms with E-state index in [1.54, 1.807) is 11.8 Å². The lowest BCUT2D eigenvalue weighted by molar-refractivity contribution is -0.116. The lowest BCUT2D eigenvalue weighted by Crippen LogP contribution is -2.30. The molecule has 5 rings (SSSR count). The zero-order valence-electron chi connectivity index (χ0n) is 16.2. The molecular weight excluding hydrogens is 386 g/mol. The summed E-state index contributed by atoms with van der Waals surface area (Å²) in [5.41, 5.74) is 3.76. The molecule has 2 aliphatic rings. The number of fused-ring (bicyclic) bond motifs is 4. The number of benzene rings is 1. The number of thiophene rings is 1. The van der Waals surface area contributed by atoms with Crippen LogP contribution in [0.25, 0.3) is 10.2 Å². The highest BCUT2D eigenvalue weighted by Crippen LogP contribution is 2.41. The summed E-state index contributed by atoms with van der Waals surface area (Å²) in [4.78, 5) is 26.9. The fourth-order valence-corrected chi connectivity index (χ4v) is 6.79. The average molecular weight is 410 g/mol. The molecule has 1 aliphatic heterocycles. The normalized spacial score (nSPS) is 18.4. The second kappa shape index (κ2) is 7.16. The number of aryl methyl sites for hydroxylation is 2. The highest BCUT2D eigenvalue weighted by atomic mass is 32.2. The number of hydrogen-bond acceptors (Lipinski definition) is 5. The van der Waals surface area contributed by atoms with E-state index in [2.05, 4.69) is 13.0 Å². The molecule has 1 aromatic carbocycles. The van der Waals surface area contributed by atoms with Crippen molar-refractivity contribution in [1.29, 1.82) is 0 Å². The van der Waals surface area contributed by atoms with Crippen molar-refractivity contribution in [3.63, 3.8) is 0 Å². The van der Waals surface area contributed by atoms with Crippen LogP contribution in [0.4, 0.5) is 5.69 Å². The van der Waals surface area contributed by atoms with Crippen LogP contribution in [0.15, 0.2) is 29.3 Å². The largest absolute Gasteiger partial charge is 0.311 e. The molecule has 0 spiro atoms. The lowest BCUT2D eigenvalue weighted by Gasteiger charge is -2.19. The third-order valence-electron chi connectivity index (χ3n) is 5.75. The number of rotatable bonds is 3. The summed E-state index contributed by atoms with van der Waals surface area (Å²) in [5, 5.41) is 2.19. The number of carbonyl (C=O) groups is 1. The second-order valence-electron chi connectivity index (χ2n) is 7.82. The summed E-state index contributed by atoms with van der Waals surface area (Å²) in [5.74, 6) is 2.11. The third kappa shape index (κ3) is 3.12. The van der Waals surface area contributed by atoms with Crippen LogP contribution in [0, 0.1) is 12.8 Å². The molecule has 0 bridgehead atoms. The van der Waals surface area contributed by atoms with Gasteiger partial charge in [0.2, 0.25) is 5.91 Å². The van der Waals surface area contributed by atoms with E-state index < -0.39 is 0 Å². The minimum absolute atomic E-state index is 0.164. The van der Waals surface area contributed by atoms with Gasteiger partial charge in [-0.05, 0) is 55.7 Å². The van der Waals surface area contributed by atoms with Gasteiger partial charge < -0.3 is 4.90 Å². The van der Waals surface area contributed by atoms with Gasteiger partial charge in [-0.25, -0.2) is 9.97 Å². The van der Waals surface area contributed by atoms with Crippen LogP contribution in [-0.4, -0.2) is 28.2 Å². The Balaban J connectivity index is 1.42. The van der Waals surface area contributed by atoms with Crippen LogP contribution < -0.4 is 4.90 Å². The summed E-state index contributed by atoms with van der Waals surface area (Å²) in [7, 11) is 0. The Hall–Kier alpha value is -1.92. The fraction of sp³-hybridized carbons (Fsp3) is 0.409. The van der Waals surface area contributed by atoms with E-state index in [1.807, 2.05) is 41.4 Å². The quantitative estimate of drug-likeness (QED) is 0.460. The molecule has 0 radical (unpaired) electrons. The maximum absolute atomic E-state index is 12.9. The van der Waals surface area contributed by atoms with Crippen LogP contribution >= 0.6 is 23.1 Å². The lowest BCUT2D eigenvalue weighted by atomic mass is 9.89. The van der Waals surface area contributed by atoms with E-state index >= 15 is 0 Å². The molecule has 28 heavy (non-hydrogen) atoms. The van der Waals surface area contributed by atoms with E-state index in [9.17, 15) is 4.79 Å². The molecule has 1 aliphatic carbocycles. The molecule has 2 aromatic heterocycles. The summed E-state index contributed by atoms with van der Waals surface area (Å²) in [6, 6.07) is 8.22. The Bertz CT molecular complexity index is 1080. The van der Waals surface area contributed by atoms with E-state index in [0.717, 1.165) is 53.1 Å². The van der Waals surface area contributed by atoms with E-state index in [4.69, 9.17) is 9.97 Å². The Kier molecular flexibility index (Phi) is 4.63. The molecule has 0 unspecified atom stereocenters. The predicted octanol–water partition coefficient (Wildman–Crippen LogP) is 4.81. The van der Waals surface area contributed by atoms with Crippen molar-refractivity contribution in [2.45, 2.75) is 44.6 Å². The number of carbonyl (C=O) groups excluding carboxylic acids is 1. The number of thioether (sulfide) groups is 1. The SMILES string of the molecule is Cc1nc(SCC(=O)N2CCc3ccccc32)c2c3c(sc2n1)C[C@H](C)CC3. The first kappa shape index (κ1) is 18.1. The minimum atomic E-state index is 0.164. The van der Waals surface area contributed by atoms with Crippen LogP contribution in [0.2, 0.25) is 0 Å². The molecule has 1 amide bonds. The number of anilines is 1. The summed E-state index contributed by atoms with van der Waals surface area (Å²) in [6.45, 7) is 5.05. The van der Waals surface area contributed by atoms with Gasteiger partial charge in [-0.1, -0.05) is 36.9 Å². The molecule has 0 saturated heterocycles. The minimum Gasteiger partial charge on any atom is -0.311 e. The van der Waals surface area contributed by atoms with Crippen molar-refractivity contribution in [1.82, 2.24) is 9.97 Å². The van der Waals surface area contributed by atoms with Crippen molar-refractivity contribution in [3.8, 4) is 0 Å². The molecule has 1 atom stereocenters. The van der Waals surface area contributed by atoms with Crippen LogP contribution in [0.1, 0.15) is 35.2 Å². The first-order valence-corrected chi connectivity index (χ1v) is 11.7. The zero-order valence-corrected chi connectivity index (χ0v) is 17.8. The molecule has 0 N–H and O–H groups in total.